The number of thioether (sulfide) groups is 1. The number of aliphatic hydroxyl groups is 1. The Morgan fingerprint density at radius 1 is 1.29 bits per heavy atom. The number of nitrogens with zero attached hydrogens (tertiary/aromatic N) is 1. The molecule has 1 saturated heterocycles. The van der Waals surface area contributed by atoms with E-state index in [0.29, 0.717) is 19.5 Å². The fourth-order valence-electron chi connectivity index (χ4n) is 3.80. The molecule has 2 amide bonds. The van der Waals surface area contributed by atoms with Gasteiger partial charge in [0.25, 0.3) is 0 Å². The zero-order valence-electron chi connectivity index (χ0n) is 16.5. The molecule has 2 aromatic rings. The molecular formula is C22H28N2O3S. The van der Waals surface area contributed by atoms with Crippen molar-refractivity contribution in [3.05, 3.63) is 54.1 Å². The lowest BCUT2D eigenvalue weighted by molar-refractivity contribution is 0.0500. The molecule has 2 N–H and O–H groups in total. The number of ether oxygens (including phenoxy) is 1. The van der Waals surface area contributed by atoms with Crippen LogP contribution in [0.5, 0.6) is 5.75 Å². The minimum atomic E-state index is -0.329. The molecule has 1 fully saturated rings. The van der Waals surface area contributed by atoms with Gasteiger partial charge in [0.2, 0.25) is 0 Å². The van der Waals surface area contributed by atoms with Crippen molar-refractivity contribution >= 4 is 23.5 Å². The second-order valence-corrected chi connectivity index (χ2v) is 8.25. The van der Waals surface area contributed by atoms with E-state index in [4.69, 9.17) is 4.74 Å². The summed E-state index contributed by atoms with van der Waals surface area (Å²) in [4.78, 5) is 15.8. The van der Waals surface area contributed by atoms with E-state index in [1.807, 2.05) is 59.7 Å². The Morgan fingerprint density at radius 3 is 2.75 bits per heavy atom. The lowest BCUT2D eigenvalue weighted by Crippen LogP contribution is -2.50. The van der Waals surface area contributed by atoms with Crippen LogP contribution < -0.4 is 10.1 Å². The molecule has 1 aliphatic rings. The fourth-order valence-corrected chi connectivity index (χ4v) is 4.21. The summed E-state index contributed by atoms with van der Waals surface area (Å²) in [5.41, 5.74) is 1.57. The lowest BCUT2D eigenvalue weighted by Gasteiger charge is -2.42. The number of urea groups is 1. The molecule has 0 bridgehead atoms. The van der Waals surface area contributed by atoms with E-state index in [2.05, 4.69) is 5.32 Å². The van der Waals surface area contributed by atoms with Crippen LogP contribution in [0.25, 0.3) is 0 Å². The molecule has 0 aromatic heterocycles. The number of amides is 2. The SMILES string of the molecule is COc1cccc(C[C@@]2(CO)CCCN(C(=O)Nc3ccc(SC)cc3)C2)c1. The molecular weight excluding hydrogens is 372 g/mol. The van der Waals surface area contributed by atoms with Crippen molar-refractivity contribution in [3.63, 3.8) is 0 Å². The zero-order valence-corrected chi connectivity index (χ0v) is 17.3. The molecule has 6 heteroatoms. The average molecular weight is 401 g/mol. The number of hydrogen-bond acceptors (Lipinski definition) is 4. The minimum Gasteiger partial charge on any atom is -0.497 e. The maximum atomic E-state index is 12.8. The highest BCUT2D eigenvalue weighted by atomic mass is 32.2. The topological polar surface area (TPSA) is 61.8 Å². The van der Waals surface area contributed by atoms with Gasteiger partial charge in [-0.1, -0.05) is 12.1 Å². The van der Waals surface area contributed by atoms with E-state index in [-0.39, 0.29) is 18.1 Å². The highest BCUT2D eigenvalue weighted by molar-refractivity contribution is 7.98. The number of aliphatic hydroxyl groups excluding tert-OH is 1. The third-order valence-electron chi connectivity index (χ3n) is 5.34. The molecule has 150 valence electrons. The van der Waals surface area contributed by atoms with Crippen LogP contribution in [0.15, 0.2) is 53.4 Å². The van der Waals surface area contributed by atoms with Gasteiger partial charge in [0.05, 0.1) is 13.7 Å². The summed E-state index contributed by atoms with van der Waals surface area (Å²) in [5.74, 6) is 0.810. The highest BCUT2D eigenvalue weighted by Gasteiger charge is 2.37. The van der Waals surface area contributed by atoms with Crippen molar-refractivity contribution in [1.29, 1.82) is 0 Å². The number of carbonyl (C=O) groups is 1. The quantitative estimate of drug-likeness (QED) is 0.711. The van der Waals surface area contributed by atoms with Crippen LogP contribution in [0.2, 0.25) is 0 Å². The van der Waals surface area contributed by atoms with E-state index < -0.39 is 0 Å². The zero-order chi connectivity index (χ0) is 20.0. The molecule has 1 aliphatic heterocycles. The van der Waals surface area contributed by atoms with Gasteiger partial charge in [0.1, 0.15) is 5.75 Å². The van der Waals surface area contributed by atoms with Gasteiger partial charge in [-0.3, -0.25) is 0 Å². The summed E-state index contributed by atoms with van der Waals surface area (Å²) in [6.45, 7) is 1.29. The summed E-state index contributed by atoms with van der Waals surface area (Å²) >= 11 is 1.67. The summed E-state index contributed by atoms with van der Waals surface area (Å²) in [6, 6.07) is 15.7. The molecule has 0 aliphatic carbocycles. The molecule has 2 aromatic carbocycles. The largest absolute Gasteiger partial charge is 0.497 e. The Hall–Kier alpha value is -2.18. The molecule has 5 nitrogen and oxygen atoms in total. The number of likely N-dealkylation sites (tertiary alicyclic amines) is 1. The molecule has 3 rings (SSSR count). The molecule has 1 heterocycles. The fraction of sp³-hybridized carbons (Fsp3) is 0.409. The van der Waals surface area contributed by atoms with Gasteiger partial charge >= 0.3 is 6.03 Å². The van der Waals surface area contributed by atoms with Gasteiger partial charge in [-0.2, -0.15) is 0 Å². The molecule has 0 saturated carbocycles. The van der Waals surface area contributed by atoms with E-state index in [0.717, 1.165) is 34.7 Å². The van der Waals surface area contributed by atoms with E-state index in [9.17, 15) is 9.90 Å². The Morgan fingerprint density at radius 2 is 2.07 bits per heavy atom. The Labute approximate surface area is 171 Å². The van der Waals surface area contributed by atoms with Gasteiger partial charge in [-0.05, 0) is 67.5 Å². The monoisotopic (exact) mass is 400 g/mol. The van der Waals surface area contributed by atoms with Crippen molar-refractivity contribution in [1.82, 2.24) is 4.90 Å². The summed E-state index contributed by atoms with van der Waals surface area (Å²) in [5, 5.41) is 13.2. The predicted octanol–water partition coefficient (Wildman–Crippen LogP) is 4.27. The first kappa shape index (κ1) is 20.6. The second-order valence-electron chi connectivity index (χ2n) is 7.37. The van der Waals surface area contributed by atoms with Gasteiger partial charge in [0, 0.05) is 29.1 Å². The van der Waals surface area contributed by atoms with Gasteiger partial charge < -0.3 is 20.1 Å². The van der Waals surface area contributed by atoms with Gasteiger partial charge in [-0.25, -0.2) is 4.79 Å². The number of carbonyl (C=O) groups excluding carboxylic acids is 1. The van der Waals surface area contributed by atoms with E-state index in [1.54, 1.807) is 18.9 Å². The van der Waals surface area contributed by atoms with Gasteiger partial charge in [0.15, 0.2) is 0 Å². The van der Waals surface area contributed by atoms with Crippen LogP contribution in [0.4, 0.5) is 10.5 Å². The smallest absolute Gasteiger partial charge is 0.321 e. The maximum Gasteiger partial charge on any atom is 0.321 e. The van der Waals surface area contributed by atoms with Gasteiger partial charge in [-0.15, -0.1) is 11.8 Å². The molecule has 0 spiro atoms. The van der Waals surface area contributed by atoms with Crippen molar-refractivity contribution in [2.24, 2.45) is 5.41 Å². The van der Waals surface area contributed by atoms with Crippen LogP contribution in [-0.4, -0.2) is 49.1 Å². The average Bonchev–Trinajstić information content (AvgIpc) is 2.74. The lowest BCUT2D eigenvalue weighted by atomic mass is 9.76. The van der Waals surface area contributed by atoms with E-state index in [1.165, 1.54) is 0 Å². The van der Waals surface area contributed by atoms with Crippen LogP contribution in [0, 0.1) is 5.41 Å². The third-order valence-corrected chi connectivity index (χ3v) is 6.08. The Balaban J connectivity index is 1.68. The van der Waals surface area contributed by atoms with Crippen LogP contribution in [0.1, 0.15) is 18.4 Å². The number of hydrogen-bond donors (Lipinski definition) is 2. The summed E-state index contributed by atoms with van der Waals surface area (Å²) in [6.07, 6.45) is 4.52. The van der Waals surface area contributed by atoms with Crippen molar-refractivity contribution in [2.45, 2.75) is 24.2 Å². The molecule has 1 atom stereocenters. The summed E-state index contributed by atoms with van der Waals surface area (Å²) < 4.78 is 5.31. The highest BCUT2D eigenvalue weighted by Crippen LogP contribution is 2.34. The number of methoxy groups -OCH3 is 1. The van der Waals surface area contributed by atoms with Crippen LogP contribution in [-0.2, 0) is 6.42 Å². The Kier molecular flexibility index (Phi) is 6.86. The molecule has 0 unspecified atom stereocenters. The summed E-state index contributed by atoms with van der Waals surface area (Å²) in [7, 11) is 1.65. The molecule has 0 radical (unpaired) electrons. The second kappa shape index (κ2) is 9.34. The number of rotatable bonds is 6. The normalized spacial score (nSPS) is 19.3. The first-order valence-corrected chi connectivity index (χ1v) is 10.7. The molecule has 28 heavy (non-hydrogen) atoms. The maximum absolute atomic E-state index is 12.8. The van der Waals surface area contributed by atoms with Crippen LogP contribution >= 0.6 is 11.8 Å². The number of anilines is 1. The number of benzene rings is 2. The number of piperidine rings is 1. The Bertz CT molecular complexity index is 797. The first-order valence-electron chi connectivity index (χ1n) is 9.51. The minimum absolute atomic E-state index is 0.0520. The van der Waals surface area contributed by atoms with Crippen molar-refractivity contribution < 1.29 is 14.6 Å². The van der Waals surface area contributed by atoms with Crippen LogP contribution in [0.3, 0.4) is 0 Å². The predicted molar refractivity (Wildman–Crippen MR) is 114 cm³/mol. The van der Waals surface area contributed by atoms with Crippen molar-refractivity contribution in [2.75, 3.05) is 38.4 Å². The van der Waals surface area contributed by atoms with Crippen molar-refractivity contribution in [3.8, 4) is 5.75 Å². The number of nitrogens with one attached hydrogen (secondary N) is 1. The first-order chi connectivity index (χ1) is 13.6. The third kappa shape index (κ3) is 5.00. The van der Waals surface area contributed by atoms with E-state index >= 15 is 0 Å². The standard InChI is InChI=1S/C22H28N2O3S/c1-27-19-6-3-5-17(13-19)14-22(16-25)11-4-12-24(15-22)21(26)23-18-7-9-20(28-2)10-8-18/h3,5-10,13,25H,4,11-12,14-16H2,1-2H3,(H,23,26)/t22-/m0/s1.